The van der Waals surface area contributed by atoms with Gasteiger partial charge in [-0.15, -0.1) is 5.54 Å². The fourth-order valence-electron chi connectivity index (χ4n) is 3.57. The van der Waals surface area contributed by atoms with E-state index >= 15 is 0 Å². The van der Waals surface area contributed by atoms with Crippen molar-refractivity contribution in [3.63, 3.8) is 0 Å². The fraction of sp³-hybridized carbons (Fsp3) is 0.824. The Hall–Kier alpha value is -0.633. The van der Waals surface area contributed by atoms with Crippen molar-refractivity contribution < 1.29 is 14.3 Å². The molecule has 0 aliphatic carbocycles. The van der Waals surface area contributed by atoms with Crippen molar-refractivity contribution in [1.82, 2.24) is 0 Å². The molecule has 1 saturated heterocycles. The fourth-order valence-corrected chi connectivity index (χ4v) is 8.87. The maximum absolute atomic E-state index is 11.6. The van der Waals surface area contributed by atoms with Crippen LogP contribution in [-0.4, -0.2) is 32.4 Å². The smallest absolute Gasteiger partial charge is 0.209 e. The Labute approximate surface area is 130 Å². The molecule has 1 heterocycles. The first kappa shape index (κ1) is 18.4. The molecule has 1 aliphatic rings. The standard InChI is InChI=1S/C17H30O3Si/c1-13(2)21(14(3)4,15(5)6)10-9-17(11-18)12-19-16(7,8)20-17/h11,13-15H,12H2,1-8H3/t17-/m0/s1. The zero-order valence-electron chi connectivity index (χ0n) is 14.7. The van der Waals surface area contributed by atoms with Gasteiger partial charge in [-0.3, -0.25) is 4.79 Å². The number of aldehydes is 1. The summed E-state index contributed by atoms with van der Waals surface area (Å²) in [7, 11) is -1.86. The van der Waals surface area contributed by atoms with Crippen molar-refractivity contribution in [2.45, 2.75) is 83.4 Å². The van der Waals surface area contributed by atoms with Gasteiger partial charge in [0.25, 0.3) is 0 Å². The van der Waals surface area contributed by atoms with E-state index < -0.39 is 19.5 Å². The second kappa shape index (κ2) is 6.24. The molecule has 120 valence electrons. The molecule has 3 nitrogen and oxygen atoms in total. The molecule has 4 heteroatoms. The maximum Gasteiger partial charge on any atom is 0.209 e. The first-order valence-electron chi connectivity index (χ1n) is 7.86. The van der Waals surface area contributed by atoms with Crippen LogP contribution in [0.15, 0.2) is 0 Å². The number of hydrogen-bond acceptors (Lipinski definition) is 3. The molecule has 1 rings (SSSR count). The van der Waals surface area contributed by atoms with Gasteiger partial charge in [-0.1, -0.05) is 47.5 Å². The Morgan fingerprint density at radius 2 is 1.52 bits per heavy atom. The van der Waals surface area contributed by atoms with Crippen LogP contribution in [0.4, 0.5) is 0 Å². The highest BCUT2D eigenvalue weighted by Gasteiger charge is 2.46. The van der Waals surface area contributed by atoms with Crippen molar-refractivity contribution in [3.05, 3.63) is 0 Å². The third-order valence-electron chi connectivity index (χ3n) is 4.61. The third-order valence-corrected chi connectivity index (χ3v) is 10.9. The van der Waals surface area contributed by atoms with E-state index in [0.717, 1.165) is 6.29 Å². The highest BCUT2D eigenvalue weighted by atomic mass is 28.3. The van der Waals surface area contributed by atoms with Gasteiger partial charge in [0.1, 0.15) is 8.07 Å². The van der Waals surface area contributed by atoms with Gasteiger partial charge in [0.15, 0.2) is 12.1 Å². The molecule has 0 aromatic heterocycles. The Morgan fingerprint density at radius 1 is 1.05 bits per heavy atom. The lowest BCUT2D eigenvalue weighted by molar-refractivity contribution is -0.155. The summed E-state index contributed by atoms with van der Waals surface area (Å²) in [4.78, 5) is 11.6. The van der Waals surface area contributed by atoms with Crippen LogP contribution in [0.5, 0.6) is 0 Å². The molecule has 1 atom stereocenters. The van der Waals surface area contributed by atoms with Gasteiger partial charge in [-0.2, -0.15) is 0 Å². The van der Waals surface area contributed by atoms with Crippen LogP contribution < -0.4 is 0 Å². The quantitative estimate of drug-likeness (QED) is 0.448. The van der Waals surface area contributed by atoms with E-state index in [1.165, 1.54) is 0 Å². The number of rotatable bonds is 4. The van der Waals surface area contributed by atoms with Gasteiger partial charge >= 0.3 is 0 Å². The number of ether oxygens (including phenoxy) is 2. The summed E-state index contributed by atoms with van der Waals surface area (Å²) in [5, 5.41) is 0. The molecule has 21 heavy (non-hydrogen) atoms. The highest BCUT2D eigenvalue weighted by molar-refractivity contribution is 6.90. The van der Waals surface area contributed by atoms with Gasteiger partial charge in [-0.05, 0) is 30.5 Å². The zero-order chi connectivity index (χ0) is 16.5. The largest absolute Gasteiger partial charge is 0.346 e. The SMILES string of the molecule is CC(C)[Si](C#C[C@]1(C=O)COC(C)(C)O1)(C(C)C)C(C)C. The summed E-state index contributed by atoms with van der Waals surface area (Å²) in [6.07, 6.45) is 0.800. The Morgan fingerprint density at radius 3 is 1.81 bits per heavy atom. The van der Waals surface area contributed by atoms with Gasteiger partial charge in [-0.25, -0.2) is 0 Å². The molecule has 1 aliphatic heterocycles. The Kier molecular flexibility index (Phi) is 5.47. The monoisotopic (exact) mass is 310 g/mol. The van der Waals surface area contributed by atoms with E-state index in [0.29, 0.717) is 16.6 Å². The van der Waals surface area contributed by atoms with E-state index in [-0.39, 0.29) is 6.61 Å². The van der Waals surface area contributed by atoms with Crippen LogP contribution in [0.3, 0.4) is 0 Å². The molecule has 0 bridgehead atoms. The lowest BCUT2D eigenvalue weighted by Gasteiger charge is -2.38. The second-order valence-corrected chi connectivity index (χ2v) is 13.0. The predicted molar refractivity (Wildman–Crippen MR) is 88.7 cm³/mol. The average Bonchev–Trinajstić information content (AvgIpc) is 2.65. The first-order chi connectivity index (χ1) is 9.51. The number of carbonyl (C=O) groups is 1. The minimum Gasteiger partial charge on any atom is -0.346 e. The van der Waals surface area contributed by atoms with Crippen LogP contribution in [0.25, 0.3) is 0 Å². The van der Waals surface area contributed by atoms with E-state index in [2.05, 4.69) is 53.0 Å². The van der Waals surface area contributed by atoms with Crippen molar-refractivity contribution in [1.29, 1.82) is 0 Å². The van der Waals surface area contributed by atoms with E-state index in [4.69, 9.17) is 9.47 Å². The summed E-state index contributed by atoms with van der Waals surface area (Å²) in [6.45, 7) is 17.4. The molecule has 0 radical (unpaired) electrons. The summed E-state index contributed by atoms with van der Waals surface area (Å²) < 4.78 is 11.3. The van der Waals surface area contributed by atoms with Crippen LogP contribution in [0.2, 0.25) is 16.6 Å². The van der Waals surface area contributed by atoms with Crippen LogP contribution in [0.1, 0.15) is 55.4 Å². The molecule has 0 spiro atoms. The van der Waals surface area contributed by atoms with Crippen molar-refractivity contribution >= 4 is 14.4 Å². The first-order valence-corrected chi connectivity index (χ1v) is 10.1. The van der Waals surface area contributed by atoms with Crippen LogP contribution in [0, 0.1) is 11.5 Å². The zero-order valence-corrected chi connectivity index (χ0v) is 15.7. The Bertz CT molecular complexity index is 421. The van der Waals surface area contributed by atoms with Gasteiger partial charge < -0.3 is 9.47 Å². The maximum atomic E-state index is 11.6. The lowest BCUT2D eigenvalue weighted by Crippen LogP contribution is -2.44. The van der Waals surface area contributed by atoms with Crippen LogP contribution >= 0.6 is 0 Å². The molecular formula is C17H30O3Si. The third kappa shape index (κ3) is 3.58. The highest BCUT2D eigenvalue weighted by Crippen LogP contribution is 2.41. The summed E-state index contributed by atoms with van der Waals surface area (Å²) >= 11 is 0. The average molecular weight is 311 g/mol. The molecule has 0 saturated carbocycles. The van der Waals surface area contributed by atoms with Gasteiger partial charge in [0.05, 0.1) is 6.61 Å². The van der Waals surface area contributed by atoms with E-state index in [9.17, 15) is 4.79 Å². The minimum absolute atomic E-state index is 0.218. The van der Waals surface area contributed by atoms with E-state index in [1.807, 2.05) is 13.8 Å². The number of hydrogen-bond donors (Lipinski definition) is 0. The van der Waals surface area contributed by atoms with Crippen LogP contribution in [-0.2, 0) is 14.3 Å². The minimum atomic E-state index is -1.86. The van der Waals surface area contributed by atoms with Crippen molar-refractivity contribution in [2.75, 3.05) is 6.61 Å². The number of carbonyl (C=O) groups excluding carboxylic acids is 1. The molecule has 1 fully saturated rings. The summed E-state index contributed by atoms with van der Waals surface area (Å²) in [5.41, 5.74) is 4.05. The Balaban J connectivity index is 3.24. The molecule has 0 N–H and O–H groups in total. The predicted octanol–water partition coefficient (Wildman–Crippen LogP) is 3.93. The van der Waals surface area contributed by atoms with Crippen molar-refractivity contribution in [2.24, 2.45) is 0 Å². The summed E-state index contributed by atoms with van der Waals surface area (Å²) in [5.74, 6) is 2.44. The summed E-state index contributed by atoms with van der Waals surface area (Å²) in [6, 6.07) is 0. The molecule has 0 aromatic carbocycles. The molecular weight excluding hydrogens is 280 g/mol. The van der Waals surface area contributed by atoms with Gasteiger partial charge in [0.2, 0.25) is 5.60 Å². The van der Waals surface area contributed by atoms with Gasteiger partial charge in [0, 0.05) is 0 Å². The molecule has 0 unspecified atom stereocenters. The second-order valence-electron chi connectivity index (χ2n) is 7.45. The van der Waals surface area contributed by atoms with Crippen molar-refractivity contribution in [3.8, 4) is 11.5 Å². The lowest BCUT2D eigenvalue weighted by atomic mass is 10.1. The molecule has 0 amide bonds. The topological polar surface area (TPSA) is 35.5 Å². The molecule has 0 aromatic rings. The normalized spacial score (nSPS) is 25.3. The van der Waals surface area contributed by atoms with E-state index in [1.54, 1.807) is 0 Å².